The van der Waals surface area contributed by atoms with Crippen molar-refractivity contribution in [1.82, 2.24) is 10.3 Å². The summed E-state index contributed by atoms with van der Waals surface area (Å²) in [6.45, 7) is 20.0. The lowest BCUT2D eigenvalue weighted by Crippen LogP contribution is -2.08. The van der Waals surface area contributed by atoms with Gasteiger partial charge in [0.15, 0.2) is 0 Å². The zero-order valence-electron chi connectivity index (χ0n) is 28.2. The lowest BCUT2D eigenvalue weighted by atomic mass is 9.81. The lowest BCUT2D eigenvalue weighted by molar-refractivity contribution is 0.896. The van der Waals surface area contributed by atoms with Crippen LogP contribution in [0.5, 0.6) is 0 Å². The summed E-state index contributed by atoms with van der Waals surface area (Å²) in [7, 11) is 0. The molecule has 0 bridgehead atoms. The van der Waals surface area contributed by atoms with Crippen LogP contribution in [0.25, 0.3) is 33.2 Å². The number of aromatic nitrogens is 1. The van der Waals surface area contributed by atoms with Crippen LogP contribution in [-0.2, 0) is 0 Å². The second kappa shape index (κ2) is 16.9. The molecule has 0 saturated heterocycles. The summed E-state index contributed by atoms with van der Waals surface area (Å²) in [5, 5.41) is 5.73. The average molecular weight is 605 g/mol. The van der Waals surface area contributed by atoms with Crippen LogP contribution in [0, 0.1) is 0 Å². The topological polar surface area (TPSA) is 24.9 Å². The minimum absolute atomic E-state index is 0.159. The molecule has 0 saturated carbocycles. The third kappa shape index (κ3) is 8.00. The number of hydrogen-bond donors (Lipinski definition) is 1. The number of nitrogens with one attached hydrogen (secondary N) is 1. The van der Waals surface area contributed by atoms with Crippen molar-refractivity contribution in [1.29, 1.82) is 0 Å². The molecule has 0 fully saturated rings. The van der Waals surface area contributed by atoms with E-state index in [1.54, 1.807) is 0 Å². The molecule has 1 unspecified atom stereocenters. The molecule has 1 N–H and O–H groups in total. The van der Waals surface area contributed by atoms with E-state index in [-0.39, 0.29) is 5.92 Å². The molecule has 0 spiro atoms. The highest BCUT2D eigenvalue weighted by Crippen LogP contribution is 2.40. The van der Waals surface area contributed by atoms with Gasteiger partial charge < -0.3 is 5.32 Å². The van der Waals surface area contributed by atoms with Crippen LogP contribution in [0.1, 0.15) is 70.1 Å². The molecule has 1 atom stereocenters. The van der Waals surface area contributed by atoms with Gasteiger partial charge in [-0.05, 0) is 94.8 Å². The predicted molar refractivity (Wildman–Crippen MR) is 203 cm³/mol. The van der Waals surface area contributed by atoms with Crippen molar-refractivity contribution in [2.45, 2.75) is 53.4 Å². The second-order valence-electron chi connectivity index (χ2n) is 11.5. The Hall–Kier alpha value is -4.95. The normalized spacial score (nSPS) is 13.7. The third-order valence-electron chi connectivity index (χ3n) is 8.53. The number of pyridine rings is 1. The van der Waals surface area contributed by atoms with Crippen LogP contribution in [-0.4, -0.2) is 11.5 Å². The molecule has 0 aliphatic heterocycles. The highest BCUT2D eigenvalue weighted by atomic mass is 14.8. The molecule has 1 aromatic heterocycles. The lowest BCUT2D eigenvalue weighted by Gasteiger charge is -2.23. The number of fused-ring (bicyclic) bond motifs is 1. The number of allylic oxidation sites excluding steroid dienone is 10. The SMILES string of the molecule is C=C\C=C/C(=C(\C)C(C)c1cccc2c(-c3cc(C(=C)CN/C=C\C)ccn3)cccc12)C(=C(/C=C\CC)CC)/c1ccccc1. The van der Waals surface area contributed by atoms with Gasteiger partial charge in [0.25, 0.3) is 0 Å². The zero-order valence-corrected chi connectivity index (χ0v) is 28.2. The smallest absolute Gasteiger partial charge is 0.0714 e. The van der Waals surface area contributed by atoms with Crippen LogP contribution in [0.4, 0.5) is 0 Å². The first kappa shape index (κ1) is 33.9. The largest absolute Gasteiger partial charge is 0.387 e. The van der Waals surface area contributed by atoms with Gasteiger partial charge >= 0.3 is 0 Å². The van der Waals surface area contributed by atoms with Crippen molar-refractivity contribution in [3.63, 3.8) is 0 Å². The highest BCUT2D eigenvalue weighted by molar-refractivity contribution is 5.98. The number of hydrogen-bond acceptors (Lipinski definition) is 2. The minimum Gasteiger partial charge on any atom is -0.387 e. The first-order valence-electron chi connectivity index (χ1n) is 16.4. The van der Waals surface area contributed by atoms with Gasteiger partial charge in [-0.25, -0.2) is 0 Å². The Morgan fingerprint density at radius 1 is 0.913 bits per heavy atom. The Balaban J connectivity index is 1.88. The minimum atomic E-state index is 0.159. The maximum absolute atomic E-state index is 4.80. The van der Waals surface area contributed by atoms with Crippen LogP contribution in [0.2, 0.25) is 0 Å². The van der Waals surface area contributed by atoms with Gasteiger partial charge in [0.1, 0.15) is 0 Å². The van der Waals surface area contributed by atoms with Crippen molar-refractivity contribution in [2.75, 3.05) is 6.54 Å². The molecule has 2 heteroatoms. The maximum atomic E-state index is 4.80. The van der Waals surface area contributed by atoms with Gasteiger partial charge in [-0.3, -0.25) is 4.98 Å². The second-order valence-corrected chi connectivity index (χ2v) is 11.5. The summed E-state index contributed by atoms with van der Waals surface area (Å²) in [6.07, 6.45) is 18.5. The number of nitrogens with zero attached hydrogens (tertiary/aromatic N) is 1. The van der Waals surface area contributed by atoms with E-state index in [4.69, 9.17) is 4.98 Å². The molecule has 46 heavy (non-hydrogen) atoms. The molecule has 0 amide bonds. The van der Waals surface area contributed by atoms with Crippen LogP contribution in [0.3, 0.4) is 0 Å². The Morgan fingerprint density at radius 3 is 2.39 bits per heavy atom. The summed E-state index contributed by atoms with van der Waals surface area (Å²) < 4.78 is 0. The van der Waals surface area contributed by atoms with E-state index in [0.717, 1.165) is 35.2 Å². The maximum Gasteiger partial charge on any atom is 0.0714 e. The Bertz CT molecular complexity index is 1810. The van der Waals surface area contributed by atoms with Gasteiger partial charge in [0.2, 0.25) is 0 Å². The quantitative estimate of drug-likeness (QED) is 0.145. The van der Waals surface area contributed by atoms with Crippen molar-refractivity contribution < 1.29 is 0 Å². The van der Waals surface area contributed by atoms with E-state index < -0.39 is 0 Å². The first-order chi connectivity index (χ1) is 22.4. The van der Waals surface area contributed by atoms with Crippen molar-refractivity contribution in [3.8, 4) is 11.3 Å². The van der Waals surface area contributed by atoms with Crippen molar-refractivity contribution in [3.05, 3.63) is 174 Å². The third-order valence-corrected chi connectivity index (χ3v) is 8.53. The van der Waals surface area contributed by atoms with E-state index in [1.807, 2.05) is 37.5 Å². The van der Waals surface area contributed by atoms with Gasteiger partial charge in [-0.1, -0.05) is 143 Å². The monoisotopic (exact) mass is 604 g/mol. The average Bonchev–Trinajstić information content (AvgIpc) is 3.10. The van der Waals surface area contributed by atoms with E-state index in [0.29, 0.717) is 6.54 Å². The summed E-state index contributed by atoms with van der Waals surface area (Å²) >= 11 is 0. The first-order valence-corrected chi connectivity index (χ1v) is 16.4. The van der Waals surface area contributed by atoms with Crippen LogP contribution < -0.4 is 5.32 Å². The van der Waals surface area contributed by atoms with Gasteiger partial charge in [0, 0.05) is 24.2 Å². The zero-order chi connectivity index (χ0) is 32.9. The molecule has 4 rings (SSSR count). The summed E-state index contributed by atoms with van der Waals surface area (Å²) in [6, 6.07) is 28.2. The fourth-order valence-corrected chi connectivity index (χ4v) is 5.93. The molecule has 0 aliphatic rings. The Morgan fingerprint density at radius 2 is 1.67 bits per heavy atom. The fourth-order valence-electron chi connectivity index (χ4n) is 5.93. The molecule has 3 aromatic carbocycles. The molecule has 0 aliphatic carbocycles. The fraction of sp³-hybridized carbons (Fsp3) is 0.205. The predicted octanol–water partition coefficient (Wildman–Crippen LogP) is 12.0. The number of benzene rings is 3. The molecule has 0 radical (unpaired) electrons. The molecule has 234 valence electrons. The molecular formula is C44H48N2. The highest BCUT2D eigenvalue weighted by Gasteiger charge is 2.20. The molecule has 4 aromatic rings. The molecular weight excluding hydrogens is 556 g/mol. The molecule has 2 nitrogen and oxygen atoms in total. The van der Waals surface area contributed by atoms with Crippen molar-refractivity contribution in [2.24, 2.45) is 0 Å². The van der Waals surface area contributed by atoms with E-state index >= 15 is 0 Å². The van der Waals surface area contributed by atoms with E-state index in [1.165, 1.54) is 44.2 Å². The summed E-state index contributed by atoms with van der Waals surface area (Å²) in [5.41, 5.74) is 11.9. The Labute approximate surface area is 277 Å². The van der Waals surface area contributed by atoms with Crippen LogP contribution in [0.15, 0.2) is 158 Å². The van der Waals surface area contributed by atoms with Gasteiger partial charge in [-0.2, -0.15) is 0 Å². The summed E-state index contributed by atoms with van der Waals surface area (Å²) in [4.78, 5) is 4.80. The van der Waals surface area contributed by atoms with E-state index in [2.05, 4.69) is 143 Å². The van der Waals surface area contributed by atoms with Crippen LogP contribution >= 0.6 is 0 Å². The standard InChI is InChI=1S/C44H48N2/c1-8-12-19-35(11-4)44(36-20-15-14-16-21-36)39(22-13-9-2)34(7)33(6)38-23-17-25-41-40(38)24-18-26-42(41)43-30-37(27-29-46-43)32(5)31-45-28-10-3/h9-10,12-30,33,45H,2,5,8,11,31H2,1,3-4,6-7H3/b19-12-,22-13-,28-10-,39-34-,44-35+. The molecule has 1 heterocycles. The summed E-state index contributed by atoms with van der Waals surface area (Å²) in [5.74, 6) is 0.159. The number of rotatable bonds is 14. The Kier molecular flexibility index (Phi) is 12.5. The van der Waals surface area contributed by atoms with E-state index in [9.17, 15) is 0 Å². The van der Waals surface area contributed by atoms with Gasteiger partial charge in [-0.15, -0.1) is 0 Å². The van der Waals surface area contributed by atoms with Crippen molar-refractivity contribution >= 4 is 21.9 Å². The van der Waals surface area contributed by atoms with Gasteiger partial charge in [0.05, 0.1) is 5.69 Å².